The molecule has 0 aliphatic heterocycles. The summed E-state index contributed by atoms with van der Waals surface area (Å²) in [6.45, 7) is 0.601. The summed E-state index contributed by atoms with van der Waals surface area (Å²) >= 11 is 0. The third kappa shape index (κ3) is 3.98. The van der Waals surface area contributed by atoms with Crippen LogP contribution in [-0.4, -0.2) is 31.1 Å². The van der Waals surface area contributed by atoms with Gasteiger partial charge in [0.05, 0.1) is 0 Å². The molecule has 2 rings (SSSR count). The molecule has 0 unspecified atom stereocenters. The summed E-state index contributed by atoms with van der Waals surface area (Å²) in [5, 5.41) is 3.31. The molecule has 1 aromatic rings. The van der Waals surface area contributed by atoms with Gasteiger partial charge in [-0.2, -0.15) is 0 Å². The van der Waals surface area contributed by atoms with E-state index in [0.717, 1.165) is 18.9 Å². The summed E-state index contributed by atoms with van der Waals surface area (Å²) in [5.41, 5.74) is 0.704. The Morgan fingerprint density at radius 1 is 1.11 bits per heavy atom. The fourth-order valence-electron chi connectivity index (χ4n) is 2.92. The van der Waals surface area contributed by atoms with Crippen LogP contribution in [0, 0.1) is 11.6 Å². The van der Waals surface area contributed by atoms with E-state index < -0.39 is 11.6 Å². The average molecular weight is 268 g/mol. The molecule has 0 spiro atoms. The molecule has 19 heavy (non-hydrogen) atoms. The standard InChI is InChI=1S/C15H22F2N2/c1-18-14-3-5-15(6-4-14)19(2)10-11-7-12(16)9-13(17)8-11/h7-9,14-15,18H,3-6,10H2,1-2H3. The molecule has 0 heterocycles. The Bertz CT molecular complexity index is 394. The predicted molar refractivity (Wildman–Crippen MR) is 72.9 cm³/mol. The van der Waals surface area contributed by atoms with Gasteiger partial charge in [0.15, 0.2) is 0 Å². The van der Waals surface area contributed by atoms with Crippen LogP contribution in [0.3, 0.4) is 0 Å². The van der Waals surface area contributed by atoms with Crippen molar-refractivity contribution in [2.75, 3.05) is 14.1 Å². The second kappa shape index (κ2) is 6.44. The SMILES string of the molecule is CNC1CCC(N(C)Cc2cc(F)cc(F)c2)CC1. The van der Waals surface area contributed by atoms with Crippen molar-refractivity contribution in [2.45, 2.75) is 44.3 Å². The van der Waals surface area contributed by atoms with Gasteiger partial charge in [-0.25, -0.2) is 8.78 Å². The summed E-state index contributed by atoms with van der Waals surface area (Å²) in [5.74, 6) is -0.996. The van der Waals surface area contributed by atoms with Gasteiger partial charge in [0, 0.05) is 24.7 Å². The second-order valence-electron chi connectivity index (χ2n) is 5.49. The van der Waals surface area contributed by atoms with Crippen LogP contribution in [-0.2, 0) is 6.54 Å². The van der Waals surface area contributed by atoms with Gasteiger partial charge in [-0.05, 0) is 57.5 Å². The first-order valence-electron chi connectivity index (χ1n) is 6.91. The first-order chi connectivity index (χ1) is 9.08. The van der Waals surface area contributed by atoms with Crippen LogP contribution in [0.2, 0.25) is 0 Å². The minimum absolute atomic E-state index is 0.498. The summed E-state index contributed by atoms with van der Waals surface area (Å²) < 4.78 is 26.3. The van der Waals surface area contributed by atoms with Crippen LogP contribution in [0.25, 0.3) is 0 Å². The molecule has 1 fully saturated rings. The van der Waals surface area contributed by atoms with Crippen LogP contribution in [0.4, 0.5) is 8.78 Å². The summed E-state index contributed by atoms with van der Waals surface area (Å²) in [4.78, 5) is 2.21. The van der Waals surface area contributed by atoms with Gasteiger partial charge in [0.2, 0.25) is 0 Å². The highest BCUT2D eigenvalue weighted by Gasteiger charge is 2.23. The normalized spacial score (nSPS) is 23.8. The Balaban J connectivity index is 1.92. The molecular weight excluding hydrogens is 246 g/mol. The smallest absolute Gasteiger partial charge is 0.126 e. The topological polar surface area (TPSA) is 15.3 Å². The average Bonchev–Trinajstić information content (AvgIpc) is 2.37. The third-order valence-electron chi connectivity index (χ3n) is 4.08. The lowest BCUT2D eigenvalue weighted by Gasteiger charge is -2.34. The first-order valence-corrected chi connectivity index (χ1v) is 6.91. The maximum Gasteiger partial charge on any atom is 0.126 e. The molecule has 0 amide bonds. The number of nitrogens with zero attached hydrogens (tertiary/aromatic N) is 1. The zero-order chi connectivity index (χ0) is 13.8. The van der Waals surface area contributed by atoms with Crippen molar-refractivity contribution < 1.29 is 8.78 Å². The highest BCUT2D eigenvalue weighted by Crippen LogP contribution is 2.23. The quantitative estimate of drug-likeness (QED) is 0.903. The van der Waals surface area contributed by atoms with Crippen molar-refractivity contribution in [1.82, 2.24) is 10.2 Å². The van der Waals surface area contributed by atoms with Gasteiger partial charge in [-0.1, -0.05) is 0 Å². The molecule has 4 heteroatoms. The van der Waals surface area contributed by atoms with Crippen molar-refractivity contribution in [3.05, 3.63) is 35.4 Å². The summed E-state index contributed by atoms with van der Waals surface area (Å²) in [6, 6.07) is 4.88. The number of nitrogens with one attached hydrogen (secondary N) is 1. The number of hydrogen-bond acceptors (Lipinski definition) is 2. The van der Waals surface area contributed by atoms with Crippen LogP contribution >= 0.6 is 0 Å². The summed E-state index contributed by atoms with van der Waals surface area (Å²) in [7, 11) is 4.04. The van der Waals surface area contributed by atoms with Crippen LogP contribution in [0.1, 0.15) is 31.2 Å². The maximum absolute atomic E-state index is 13.2. The highest BCUT2D eigenvalue weighted by molar-refractivity contribution is 5.17. The van der Waals surface area contributed by atoms with E-state index in [1.54, 1.807) is 0 Å². The molecule has 0 saturated heterocycles. The lowest BCUT2D eigenvalue weighted by Crippen LogP contribution is -2.39. The van der Waals surface area contributed by atoms with E-state index in [9.17, 15) is 8.78 Å². The minimum atomic E-state index is -0.498. The minimum Gasteiger partial charge on any atom is -0.317 e. The predicted octanol–water partition coefficient (Wildman–Crippen LogP) is 2.93. The second-order valence-corrected chi connectivity index (χ2v) is 5.49. The molecule has 1 aliphatic carbocycles. The summed E-state index contributed by atoms with van der Waals surface area (Å²) in [6.07, 6.45) is 4.62. The Kier molecular flexibility index (Phi) is 4.88. The number of benzene rings is 1. The van der Waals surface area contributed by atoms with Crippen LogP contribution < -0.4 is 5.32 Å². The van der Waals surface area contributed by atoms with E-state index in [-0.39, 0.29) is 0 Å². The lowest BCUT2D eigenvalue weighted by molar-refractivity contribution is 0.169. The van der Waals surface area contributed by atoms with E-state index in [0.29, 0.717) is 24.2 Å². The first kappa shape index (κ1) is 14.4. The molecule has 1 aliphatic rings. The van der Waals surface area contributed by atoms with Gasteiger partial charge in [-0.15, -0.1) is 0 Å². The van der Waals surface area contributed by atoms with E-state index >= 15 is 0 Å². The van der Waals surface area contributed by atoms with E-state index in [2.05, 4.69) is 10.2 Å². The van der Waals surface area contributed by atoms with Gasteiger partial charge < -0.3 is 5.32 Å². The highest BCUT2D eigenvalue weighted by atomic mass is 19.1. The molecular formula is C15H22F2N2. The zero-order valence-corrected chi connectivity index (χ0v) is 11.6. The van der Waals surface area contributed by atoms with E-state index in [1.165, 1.54) is 25.0 Å². The molecule has 0 aromatic heterocycles. The Morgan fingerprint density at radius 3 is 2.21 bits per heavy atom. The lowest BCUT2D eigenvalue weighted by atomic mass is 9.90. The largest absolute Gasteiger partial charge is 0.317 e. The maximum atomic E-state index is 13.2. The van der Waals surface area contributed by atoms with Crippen molar-refractivity contribution >= 4 is 0 Å². The van der Waals surface area contributed by atoms with Gasteiger partial charge in [0.1, 0.15) is 11.6 Å². The molecule has 106 valence electrons. The van der Waals surface area contributed by atoms with Crippen molar-refractivity contribution in [2.24, 2.45) is 0 Å². The molecule has 2 nitrogen and oxygen atoms in total. The Morgan fingerprint density at radius 2 is 1.68 bits per heavy atom. The Hall–Kier alpha value is -1.00. The van der Waals surface area contributed by atoms with Crippen LogP contribution in [0.15, 0.2) is 18.2 Å². The van der Waals surface area contributed by atoms with Crippen LogP contribution in [0.5, 0.6) is 0 Å². The molecule has 0 bridgehead atoms. The molecule has 1 saturated carbocycles. The van der Waals surface area contributed by atoms with Gasteiger partial charge in [-0.3, -0.25) is 4.90 Å². The van der Waals surface area contributed by atoms with Crippen molar-refractivity contribution in [1.29, 1.82) is 0 Å². The van der Waals surface area contributed by atoms with Crippen molar-refractivity contribution in [3.63, 3.8) is 0 Å². The number of halogens is 2. The third-order valence-corrected chi connectivity index (χ3v) is 4.08. The van der Waals surface area contributed by atoms with Gasteiger partial charge in [0.25, 0.3) is 0 Å². The fraction of sp³-hybridized carbons (Fsp3) is 0.600. The van der Waals surface area contributed by atoms with Crippen molar-refractivity contribution in [3.8, 4) is 0 Å². The zero-order valence-electron chi connectivity index (χ0n) is 11.6. The van der Waals surface area contributed by atoms with Gasteiger partial charge >= 0.3 is 0 Å². The number of hydrogen-bond donors (Lipinski definition) is 1. The monoisotopic (exact) mass is 268 g/mol. The molecule has 0 radical (unpaired) electrons. The van der Waals surface area contributed by atoms with E-state index in [4.69, 9.17) is 0 Å². The molecule has 1 aromatic carbocycles. The molecule has 1 N–H and O–H groups in total. The van der Waals surface area contributed by atoms with E-state index in [1.807, 2.05) is 14.1 Å². The number of rotatable bonds is 4. The fourth-order valence-corrected chi connectivity index (χ4v) is 2.92. The Labute approximate surface area is 113 Å². The molecule has 0 atom stereocenters.